The predicted octanol–water partition coefficient (Wildman–Crippen LogP) is 4.19. The number of nitrogen functional groups attached to an aromatic ring is 1. The van der Waals surface area contributed by atoms with Gasteiger partial charge in [0.1, 0.15) is 11.4 Å². The fourth-order valence-corrected chi connectivity index (χ4v) is 2.23. The molecule has 0 aliphatic rings. The van der Waals surface area contributed by atoms with E-state index in [4.69, 9.17) is 10.5 Å². The second kappa shape index (κ2) is 5.43. The molecule has 0 saturated carbocycles. The highest BCUT2D eigenvalue weighted by molar-refractivity contribution is 5.54. The van der Waals surface area contributed by atoms with Crippen molar-refractivity contribution in [3.8, 4) is 11.6 Å². The molecule has 4 heteroatoms. The number of aryl methyl sites for hydroxylation is 3. The van der Waals surface area contributed by atoms with Crippen LogP contribution in [-0.4, -0.2) is 9.78 Å². The van der Waals surface area contributed by atoms with Gasteiger partial charge < -0.3 is 10.5 Å². The Morgan fingerprint density at radius 1 is 1.24 bits per heavy atom. The number of nitrogens with zero attached hydrogens (tertiary/aromatic N) is 2. The van der Waals surface area contributed by atoms with Gasteiger partial charge in [0.2, 0.25) is 5.88 Å². The molecule has 0 aliphatic heterocycles. The third kappa shape index (κ3) is 3.04. The summed E-state index contributed by atoms with van der Waals surface area (Å²) in [6, 6.07) is 6.29. The van der Waals surface area contributed by atoms with Crippen LogP contribution in [0.1, 0.15) is 44.5 Å². The standard InChI is InChI=1S/C17H25N3O/c1-7-20-16(15(18)12(3)19-20)21-14-9-8-13(10-11(14)2)17(4,5)6/h8-10H,7,18H2,1-6H3. The monoisotopic (exact) mass is 287 g/mol. The molecule has 1 heterocycles. The molecule has 0 atom stereocenters. The number of ether oxygens (including phenoxy) is 1. The van der Waals surface area contributed by atoms with Gasteiger partial charge in [-0.1, -0.05) is 32.9 Å². The van der Waals surface area contributed by atoms with Gasteiger partial charge in [-0.05, 0) is 43.4 Å². The topological polar surface area (TPSA) is 53.1 Å². The summed E-state index contributed by atoms with van der Waals surface area (Å²) in [5, 5.41) is 4.38. The van der Waals surface area contributed by atoms with Gasteiger partial charge >= 0.3 is 0 Å². The Balaban J connectivity index is 2.37. The Morgan fingerprint density at radius 2 is 1.90 bits per heavy atom. The summed E-state index contributed by atoms with van der Waals surface area (Å²) in [7, 11) is 0. The molecule has 1 aromatic heterocycles. The quantitative estimate of drug-likeness (QED) is 0.920. The molecule has 0 spiro atoms. The number of nitrogens with two attached hydrogens (primary N) is 1. The lowest BCUT2D eigenvalue weighted by Gasteiger charge is -2.20. The number of hydrogen-bond donors (Lipinski definition) is 1. The minimum Gasteiger partial charge on any atom is -0.437 e. The minimum absolute atomic E-state index is 0.129. The predicted molar refractivity (Wildman–Crippen MR) is 87.0 cm³/mol. The maximum Gasteiger partial charge on any atom is 0.241 e. The van der Waals surface area contributed by atoms with Crippen molar-refractivity contribution in [3.05, 3.63) is 35.0 Å². The fraction of sp³-hybridized carbons (Fsp3) is 0.471. The highest BCUT2D eigenvalue weighted by Gasteiger charge is 2.17. The number of benzene rings is 1. The molecule has 0 amide bonds. The van der Waals surface area contributed by atoms with Crippen LogP contribution in [0.3, 0.4) is 0 Å². The van der Waals surface area contributed by atoms with Gasteiger partial charge in [-0.15, -0.1) is 0 Å². The van der Waals surface area contributed by atoms with Crippen molar-refractivity contribution in [2.24, 2.45) is 0 Å². The summed E-state index contributed by atoms with van der Waals surface area (Å²) in [6.07, 6.45) is 0. The summed E-state index contributed by atoms with van der Waals surface area (Å²) >= 11 is 0. The molecule has 1 aromatic carbocycles. The molecule has 0 fully saturated rings. The average molecular weight is 287 g/mol. The van der Waals surface area contributed by atoms with Crippen molar-refractivity contribution in [2.75, 3.05) is 5.73 Å². The van der Waals surface area contributed by atoms with Crippen molar-refractivity contribution in [2.45, 2.75) is 53.5 Å². The van der Waals surface area contributed by atoms with Crippen LogP contribution in [0, 0.1) is 13.8 Å². The van der Waals surface area contributed by atoms with Crippen LogP contribution in [0.25, 0.3) is 0 Å². The van der Waals surface area contributed by atoms with Crippen molar-refractivity contribution >= 4 is 5.69 Å². The zero-order chi connectivity index (χ0) is 15.8. The SMILES string of the molecule is CCn1nc(C)c(N)c1Oc1ccc(C(C)(C)C)cc1C. The van der Waals surface area contributed by atoms with Gasteiger partial charge in [0.05, 0.1) is 5.69 Å². The molecule has 2 N–H and O–H groups in total. The first-order chi connectivity index (χ1) is 9.74. The van der Waals surface area contributed by atoms with Crippen molar-refractivity contribution in [1.29, 1.82) is 0 Å². The van der Waals surface area contributed by atoms with Crippen molar-refractivity contribution in [1.82, 2.24) is 9.78 Å². The van der Waals surface area contributed by atoms with Gasteiger partial charge in [-0.3, -0.25) is 0 Å². The van der Waals surface area contributed by atoms with E-state index in [1.165, 1.54) is 5.56 Å². The minimum atomic E-state index is 0.129. The van der Waals surface area contributed by atoms with Crippen LogP contribution in [0.2, 0.25) is 0 Å². The third-order valence-electron chi connectivity index (χ3n) is 3.67. The van der Waals surface area contributed by atoms with Gasteiger partial charge in [0, 0.05) is 6.54 Å². The summed E-state index contributed by atoms with van der Waals surface area (Å²) < 4.78 is 7.82. The molecular weight excluding hydrogens is 262 g/mol. The number of hydrogen-bond acceptors (Lipinski definition) is 3. The van der Waals surface area contributed by atoms with Crippen molar-refractivity contribution in [3.63, 3.8) is 0 Å². The summed E-state index contributed by atoms with van der Waals surface area (Å²) in [5.74, 6) is 1.45. The van der Waals surface area contributed by atoms with Crippen LogP contribution in [0.4, 0.5) is 5.69 Å². The lowest BCUT2D eigenvalue weighted by molar-refractivity contribution is 0.415. The van der Waals surface area contributed by atoms with E-state index in [-0.39, 0.29) is 5.41 Å². The van der Waals surface area contributed by atoms with E-state index in [1.54, 1.807) is 4.68 Å². The Labute approximate surface area is 126 Å². The molecule has 4 nitrogen and oxygen atoms in total. The van der Waals surface area contributed by atoms with E-state index in [1.807, 2.05) is 19.9 Å². The number of aromatic nitrogens is 2. The van der Waals surface area contributed by atoms with E-state index in [0.717, 1.165) is 23.6 Å². The third-order valence-corrected chi connectivity index (χ3v) is 3.67. The molecule has 0 aliphatic carbocycles. The summed E-state index contributed by atoms with van der Waals surface area (Å²) in [4.78, 5) is 0. The molecule has 2 rings (SSSR count). The summed E-state index contributed by atoms with van der Waals surface area (Å²) in [5.41, 5.74) is 10.00. The second-order valence-electron chi connectivity index (χ2n) is 6.45. The van der Waals surface area contributed by atoms with Crippen molar-refractivity contribution < 1.29 is 4.74 Å². The lowest BCUT2D eigenvalue weighted by Crippen LogP contribution is -2.11. The number of anilines is 1. The van der Waals surface area contributed by atoms with Gasteiger partial charge in [0.15, 0.2) is 0 Å². The van der Waals surface area contributed by atoms with Gasteiger partial charge in [-0.25, -0.2) is 4.68 Å². The van der Waals surface area contributed by atoms with Crippen LogP contribution < -0.4 is 10.5 Å². The first-order valence-electron chi connectivity index (χ1n) is 7.36. The zero-order valence-corrected chi connectivity index (χ0v) is 13.8. The molecule has 2 aromatic rings. The van der Waals surface area contributed by atoms with E-state index < -0.39 is 0 Å². The van der Waals surface area contributed by atoms with Crippen LogP contribution in [0.5, 0.6) is 11.6 Å². The fourth-order valence-electron chi connectivity index (χ4n) is 2.23. The normalized spacial score (nSPS) is 11.7. The summed E-state index contributed by atoms with van der Waals surface area (Å²) in [6.45, 7) is 13.3. The molecule has 0 saturated heterocycles. The van der Waals surface area contributed by atoms with E-state index >= 15 is 0 Å². The van der Waals surface area contributed by atoms with E-state index in [9.17, 15) is 0 Å². The van der Waals surface area contributed by atoms with Crippen LogP contribution in [-0.2, 0) is 12.0 Å². The van der Waals surface area contributed by atoms with E-state index in [2.05, 4.69) is 44.9 Å². The zero-order valence-electron chi connectivity index (χ0n) is 13.8. The Morgan fingerprint density at radius 3 is 2.43 bits per heavy atom. The van der Waals surface area contributed by atoms with Gasteiger partial charge in [-0.2, -0.15) is 5.10 Å². The van der Waals surface area contributed by atoms with E-state index in [0.29, 0.717) is 11.6 Å². The molecule has 0 unspecified atom stereocenters. The smallest absolute Gasteiger partial charge is 0.241 e. The second-order valence-corrected chi connectivity index (χ2v) is 6.45. The van der Waals surface area contributed by atoms with Crippen LogP contribution >= 0.6 is 0 Å². The molecule has 114 valence electrons. The number of rotatable bonds is 3. The molecule has 21 heavy (non-hydrogen) atoms. The average Bonchev–Trinajstić information content (AvgIpc) is 2.67. The largest absolute Gasteiger partial charge is 0.437 e. The molecule has 0 radical (unpaired) electrons. The Bertz CT molecular complexity index is 651. The molecule has 0 bridgehead atoms. The van der Waals surface area contributed by atoms with Crippen LogP contribution in [0.15, 0.2) is 18.2 Å². The Kier molecular flexibility index (Phi) is 3.99. The maximum absolute atomic E-state index is 6.07. The first kappa shape index (κ1) is 15.4. The first-order valence-corrected chi connectivity index (χ1v) is 7.36. The molecular formula is C17H25N3O. The maximum atomic E-state index is 6.07. The lowest BCUT2D eigenvalue weighted by atomic mass is 9.86. The Hall–Kier alpha value is -1.97. The highest BCUT2D eigenvalue weighted by Crippen LogP contribution is 2.33. The highest BCUT2D eigenvalue weighted by atomic mass is 16.5. The van der Waals surface area contributed by atoms with Gasteiger partial charge in [0.25, 0.3) is 0 Å².